The molecule has 98 valence electrons. The second-order valence-corrected chi connectivity index (χ2v) is 4.20. The fraction of sp³-hybridized carbons (Fsp3) is 0.214. The van der Waals surface area contributed by atoms with E-state index < -0.39 is 0 Å². The summed E-state index contributed by atoms with van der Waals surface area (Å²) < 4.78 is 6.49. The molecule has 5 nitrogen and oxygen atoms in total. The van der Waals surface area contributed by atoms with Gasteiger partial charge < -0.3 is 4.74 Å². The molecule has 1 aromatic carbocycles. The van der Waals surface area contributed by atoms with Crippen molar-refractivity contribution in [3.8, 4) is 5.69 Å². The van der Waals surface area contributed by atoms with E-state index >= 15 is 0 Å². The number of aryl methyl sites for hydroxylation is 1. The van der Waals surface area contributed by atoms with Crippen LogP contribution in [0.15, 0.2) is 35.3 Å². The molecule has 2 aromatic rings. The Bertz CT molecular complexity index is 662. The van der Waals surface area contributed by atoms with Crippen molar-refractivity contribution in [3.63, 3.8) is 0 Å². The molecule has 0 aliphatic carbocycles. The van der Waals surface area contributed by atoms with E-state index in [-0.39, 0.29) is 17.7 Å². The molecule has 0 spiro atoms. The first-order valence-electron chi connectivity index (χ1n) is 5.79. The summed E-state index contributed by atoms with van der Waals surface area (Å²) in [5.74, 6) is 0. The highest BCUT2D eigenvalue weighted by molar-refractivity contribution is 5.71. The SMILES string of the molecule is COCc1cn(-c2cccc(C)c2)nc(C=O)c1=O. The maximum Gasteiger partial charge on any atom is 0.216 e. The number of carbonyl (C=O) groups is 1. The van der Waals surface area contributed by atoms with E-state index in [4.69, 9.17) is 4.74 Å². The molecule has 1 heterocycles. The zero-order valence-corrected chi connectivity index (χ0v) is 10.8. The summed E-state index contributed by atoms with van der Waals surface area (Å²) in [7, 11) is 1.50. The van der Waals surface area contributed by atoms with E-state index in [1.54, 1.807) is 6.20 Å². The lowest BCUT2D eigenvalue weighted by Crippen LogP contribution is -2.21. The van der Waals surface area contributed by atoms with Crippen LogP contribution in [0, 0.1) is 6.92 Å². The normalized spacial score (nSPS) is 10.4. The minimum Gasteiger partial charge on any atom is -0.380 e. The van der Waals surface area contributed by atoms with Gasteiger partial charge in [-0.05, 0) is 24.6 Å². The lowest BCUT2D eigenvalue weighted by atomic mass is 10.2. The number of aldehydes is 1. The van der Waals surface area contributed by atoms with Crippen LogP contribution in [-0.4, -0.2) is 23.2 Å². The number of methoxy groups -OCH3 is 1. The topological polar surface area (TPSA) is 61.2 Å². The van der Waals surface area contributed by atoms with Crippen molar-refractivity contribution in [2.45, 2.75) is 13.5 Å². The number of hydrogen-bond acceptors (Lipinski definition) is 4. The average molecular weight is 258 g/mol. The second-order valence-electron chi connectivity index (χ2n) is 4.20. The van der Waals surface area contributed by atoms with Gasteiger partial charge in [0.15, 0.2) is 12.0 Å². The van der Waals surface area contributed by atoms with Crippen molar-refractivity contribution < 1.29 is 9.53 Å². The van der Waals surface area contributed by atoms with Crippen LogP contribution >= 0.6 is 0 Å². The maximum atomic E-state index is 11.9. The number of benzene rings is 1. The van der Waals surface area contributed by atoms with E-state index in [0.717, 1.165) is 11.3 Å². The first-order valence-corrected chi connectivity index (χ1v) is 5.79. The number of hydrogen-bond donors (Lipinski definition) is 0. The quantitative estimate of drug-likeness (QED) is 0.780. The van der Waals surface area contributed by atoms with Crippen LogP contribution in [0.1, 0.15) is 21.6 Å². The van der Waals surface area contributed by atoms with E-state index in [9.17, 15) is 9.59 Å². The Morgan fingerprint density at radius 3 is 2.84 bits per heavy atom. The van der Waals surface area contributed by atoms with Crippen molar-refractivity contribution in [3.05, 3.63) is 57.5 Å². The largest absolute Gasteiger partial charge is 0.380 e. The van der Waals surface area contributed by atoms with Gasteiger partial charge in [0, 0.05) is 18.9 Å². The Morgan fingerprint density at radius 2 is 2.21 bits per heavy atom. The molecule has 0 radical (unpaired) electrons. The molecule has 19 heavy (non-hydrogen) atoms. The minimum atomic E-state index is -0.388. The summed E-state index contributed by atoms with van der Waals surface area (Å²) in [6, 6.07) is 7.63. The second kappa shape index (κ2) is 5.58. The van der Waals surface area contributed by atoms with Gasteiger partial charge in [0.2, 0.25) is 5.43 Å². The highest BCUT2D eigenvalue weighted by atomic mass is 16.5. The molecule has 1 aromatic heterocycles. The van der Waals surface area contributed by atoms with E-state index in [1.165, 1.54) is 11.8 Å². The summed E-state index contributed by atoms with van der Waals surface area (Å²) in [5, 5.41) is 4.03. The summed E-state index contributed by atoms with van der Waals surface area (Å²) in [6.45, 7) is 2.11. The van der Waals surface area contributed by atoms with Crippen LogP contribution in [0.2, 0.25) is 0 Å². The minimum absolute atomic E-state index is 0.115. The third-order valence-electron chi connectivity index (χ3n) is 2.70. The highest BCUT2D eigenvalue weighted by Gasteiger charge is 2.09. The van der Waals surface area contributed by atoms with Gasteiger partial charge >= 0.3 is 0 Å². The Hall–Kier alpha value is -2.27. The first-order chi connectivity index (χ1) is 9.15. The van der Waals surface area contributed by atoms with Crippen molar-refractivity contribution in [2.24, 2.45) is 0 Å². The third-order valence-corrected chi connectivity index (χ3v) is 2.70. The van der Waals surface area contributed by atoms with Gasteiger partial charge in [0.25, 0.3) is 0 Å². The van der Waals surface area contributed by atoms with Crippen LogP contribution < -0.4 is 5.43 Å². The Balaban J connectivity index is 2.61. The fourth-order valence-corrected chi connectivity index (χ4v) is 1.80. The Kier molecular flexibility index (Phi) is 3.87. The van der Waals surface area contributed by atoms with Crippen LogP contribution in [0.5, 0.6) is 0 Å². The van der Waals surface area contributed by atoms with Gasteiger partial charge in [0.05, 0.1) is 12.3 Å². The van der Waals surface area contributed by atoms with E-state index in [0.29, 0.717) is 11.8 Å². The van der Waals surface area contributed by atoms with Gasteiger partial charge in [-0.3, -0.25) is 9.59 Å². The molecule has 0 aliphatic rings. The molecule has 0 N–H and O–H groups in total. The van der Waals surface area contributed by atoms with Crippen molar-refractivity contribution in [2.75, 3.05) is 7.11 Å². The number of aromatic nitrogens is 2. The first kappa shape index (κ1) is 13.2. The van der Waals surface area contributed by atoms with Crippen LogP contribution in [0.4, 0.5) is 0 Å². The van der Waals surface area contributed by atoms with Crippen LogP contribution in [-0.2, 0) is 11.3 Å². The number of carbonyl (C=O) groups excluding carboxylic acids is 1. The summed E-state index contributed by atoms with van der Waals surface area (Å²) >= 11 is 0. The van der Waals surface area contributed by atoms with Crippen LogP contribution in [0.3, 0.4) is 0 Å². The Morgan fingerprint density at radius 1 is 1.42 bits per heavy atom. The predicted molar refractivity (Wildman–Crippen MR) is 70.7 cm³/mol. The fourth-order valence-electron chi connectivity index (χ4n) is 1.80. The number of ether oxygens (including phenoxy) is 1. The Labute approximate surface area is 110 Å². The summed E-state index contributed by atoms with van der Waals surface area (Å²) in [4.78, 5) is 22.8. The lowest BCUT2D eigenvalue weighted by Gasteiger charge is -2.09. The van der Waals surface area contributed by atoms with Crippen molar-refractivity contribution in [1.82, 2.24) is 9.78 Å². The number of nitrogens with zero attached hydrogens (tertiary/aromatic N) is 2. The molecule has 0 saturated carbocycles. The average Bonchev–Trinajstić information content (AvgIpc) is 2.41. The van der Waals surface area contributed by atoms with Gasteiger partial charge in [-0.15, -0.1) is 0 Å². The number of rotatable bonds is 4. The van der Waals surface area contributed by atoms with Crippen LogP contribution in [0.25, 0.3) is 5.69 Å². The molecule has 2 rings (SSSR count). The van der Waals surface area contributed by atoms with Gasteiger partial charge in [0.1, 0.15) is 0 Å². The smallest absolute Gasteiger partial charge is 0.216 e. The maximum absolute atomic E-state index is 11.9. The zero-order chi connectivity index (χ0) is 13.8. The van der Waals surface area contributed by atoms with Gasteiger partial charge in [-0.2, -0.15) is 5.10 Å². The molecule has 0 fully saturated rings. The molecule has 0 bridgehead atoms. The highest BCUT2D eigenvalue weighted by Crippen LogP contribution is 2.09. The van der Waals surface area contributed by atoms with Crippen molar-refractivity contribution in [1.29, 1.82) is 0 Å². The third kappa shape index (κ3) is 2.77. The summed E-state index contributed by atoms with van der Waals surface area (Å²) in [5.41, 5.74) is 1.76. The monoisotopic (exact) mass is 258 g/mol. The summed E-state index contributed by atoms with van der Waals surface area (Å²) in [6.07, 6.45) is 2.06. The molecule has 0 amide bonds. The predicted octanol–water partition coefficient (Wildman–Crippen LogP) is 1.50. The molecular formula is C14H14N2O3. The molecular weight excluding hydrogens is 244 g/mol. The zero-order valence-electron chi connectivity index (χ0n) is 10.8. The van der Waals surface area contributed by atoms with Gasteiger partial charge in [-0.1, -0.05) is 12.1 Å². The van der Waals surface area contributed by atoms with Gasteiger partial charge in [-0.25, -0.2) is 4.68 Å². The molecule has 5 heteroatoms. The molecule has 0 aliphatic heterocycles. The lowest BCUT2D eigenvalue weighted by molar-refractivity contribution is 0.111. The molecule has 0 unspecified atom stereocenters. The van der Waals surface area contributed by atoms with E-state index in [1.807, 2.05) is 31.2 Å². The van der Waals surface area contributed by atoms with Crippen molar-refractivity contribution >= 4 is 6.29 Å². The van der Waals surface area contributed by atoms with E-state index in [2.05, 4.69) is 5.10 Å². The molecule has 0 atom stereocenters. The molecule has 0 saturated heterocycles. The standard InChI is InChI=1S/C14H14N2O3/c1-10-4-3-5-12(6-10)16-7-11(9-19-2)14(18)13(8-17)15-16/h3-8H,9H2,1-2H3.